The van der Waals surface area contributed by atoms with Crippen molar-refractivity contribution in [2.24, 2.45) is 0 Å². The van der Waals surface area contributed by atoms with Crippen molar-refractivity contribution in [3.05, 3.63) is 0 Å². The lowest BCUT2D eigenvalue weighted by molar-refractivity contribution is -0.145. The number of fused-ring (bicyclic) bond motifs is 1. The molecule has 0 spiro atoms. The Labute approximate surface area is 54.0 Å². The maximum Gasteiger partial charge on any atom is 0.241 e. The van der Waals surface area contributed by atoms with E-state index in [9.17, 15) is 4.79 Å². The highest BCUT2D eigenvalue weighted by Gasteiger charge is 2.47. The first-order valence-electron chi connectivity index (χ1n) is 3.31. The van der Waals surface area contributed by atoms with Gasteiger partial charge in [0.25, 0.3) is 0 Å². The number of nitrogens with one attached hydrogen (secondary N) is 1. The molecule has 0 bridgehead atoms. The van der Waals surface area contributed by atoms with Gasteiger partial charge in [-0.3, -0.25) is 4.79 Å². The van der Waals surface area contributed by atoms with Gasteiger partial charge in [-0.1, -0.05) is 0 Å². The smallest absolute Gasteiger partial charge is 0.241 e. The monoisotopic (exact) mass is 126 g/mol. The number of hydrogen-bond acceptors (Lipinski definition) is 2. The van der Waals surface area contributed by atoms with Crippen LogP contribution >= 0.6 is 0 Å². The summed E-state index contributed by atoms with van der Waals surface area (Å²) in [4.78, 5) is 12.7. The molecular weight excluding hydrogens is 116 g/mol. The topological polar surface area (TPSA) is 32.3 Å². The van der Waals surface area contributed by atoms with Crippen LogP contribution in [0.5, 0.6) is 0 Å². The van der Waals surface area contributed by atoms with Crippen LogP contribution in [-0.2, 0) is 4.79 Å². The molecule has 2 rings (SSSR count). The van der Waals surface area contributed by atoms with E-state index in [2.05, 4.69) is 5.32 Å². The predicted molar refractivity (Wildman–Crippen MR) is 33.0 cm³/mol. The second-order valence-electron chi connectivity index (χ2n) is 2.74. The summed E-state index contributed by atoms with van der Waals surface area (Å²) < 4.78 is 0. The molecule has 1 amide bonds. The first-order chi connectivity index (χ1) is 4.30. The third-order valence-corrected chi connectivity index (χ3v) is 2.30. The fraction of sp³-hybridized carbons (Fsp3) is 0.833. The molecule has 2 aliphatic rings. The van der Waals surface area contributed by atoms with Gasteiger partial charge in [0.2, 0.25) is 5.91 Å². The third kappa shape index (κ3) is 0.477. The van der Waals surface area contributed by atoms with Crippen LogP contribution in [0.25, 0.3) is 0 Å². The standard InChI is InChI=1S/C6H10N2O/c1-8-4-2-3-7-5(4)6(8)9/h4-5,7H,2-3H2,1H3. The molecule has 0 saturated carbocycles. The van der Waals surface area contributed by atoms with Crippen LogP contribution < -0.4 is 5.32 Å². The Morgan fingerprint density at radius 1 is 1.78 bits per heavy atom. The van der Waals surface area contributed by atoms with Crippen molar-refractivity contribution in [1.29, 1.82) is 0 Å². The van der Waals surface area contributed by atoms with Crippen LogP contribution in [0, 0.1) is 0 Å². The summed E-state index contributed by atoms with van der Waals surface area (Å²) in [6.07, 6.45) is 1.13. The van der Waals surface area contributed by atoms with E-state index in [0.29, 0.717) is 6.04 Å². The van der Waals surface area contributed by atoms with Crippen molar-refractivity contribution < 1.29 is 4.79 Å². The molecule has 2 unspecified atom stereocenters. The maximum absolute atomic E-state index is 10.9. The minimum atomic E-state index is 0.176. The number of hydrogen-bond donors (Lipinski definition) is 1. The highest BCUT2D eigenvalue weighted by molar-refractivity contribution is 5.89. The Morgan fingerprint density at radius 3 is 3.22 bits per heavy atom. The summed E-state index contributed by atoms with van der Waals surface area (Å²) in [5, 5.41) is 3.14. The molecule has 0 radical (unpaired) electrons. The maximum atomic E-state index is 10.9. The molecule has 2 saturated heterocycles. The fourth-order valence-electron chi connectivity index (χ4n) is 1.66. The Morgan fingerprint density at radius 2 is 2.56 bits per heavy atom. The van der Waals surface area contributed by atoms with Crippen molar-refractivity contribution in [2.45, 2.75) is 18.5 Å². The molecule has 0 aliphatic carbocycles. The molecule has 2 atom stereocenters. The van der Waals surface area contributed by atoms with E-state index in [1.54, 1.807) is 0 Å². The highest BCUT2D eigenvalue weighted by Crippen LogP contribution is 2.24. The summed E-state index contributed by atoms with van der Waals surface area (Å²) in [6.45, 7) is 1.01. The van der Waals surface area contributed by atoms with Gasteiger partial charge in [0.15, 0.2) is 0 Å². The molecule has 0 aromatic carbocycles. The van der Waals surface area contributed by atoms with E-state index in [1.807, 2.05) is 11.9 Å². The Balaban J connectivity index is 2.14. The molecule has 3 heteroatoms. The number of nitrogens with zero attached hydrogens (tertiary/aromatic N) is 1. The van der Waals surface area contributed by atoms with Gasteiger partial charge in [0, 0.05) is 7.05 Å². The minimum Gasteiger partial charge on any atom is -0.339 e. The third-order valence-electron chi connectivity index (χ3n) is 2.30. The number of β-lactam (4-membered cyclic amide) rings is 1. The number of amides is 1. The molecular formula is C6H10N2O. The van der Waals surface area contributed by atoms with Crippen LogP contribution in [0.4, 0.5) is 0 Å². The molecule has 0 aromatic heterocycles. The lowest BCUT2D eigenvalue weighted by Gasteiger charge is -2.40. The van der Waals surface area contributed by atoms with Gasteiger partial charge in [-0.15, -0.1) is 0 Å². The molecule has 2 fully saturated rings. The quantitative estimate of drug-likeness (QED) is 0.430. The first kappa shape index (κ1) is 5.23. The van der Waals surface area contributed by atoms with Gasteiger partial charge in [-0.2, -0.15) is 0 Å². The van der Waals surface area contributed by atoms with Gasteiger partial charge in [-0.05, 0) is 13.0 Å². The van der Waals surface area contributed by atoms with E-state index in [1.165, 1.54) is 0 Å². The first-order valence-corrected chi connectivity index (χ1v) is 3.31. The Hall–Kier alpha value is -0.570. The van der Waals surface area contributed by atoms with Gasteiger partial charge >= 0.3 is 0 Å². The lowest BCUT2D eigenvalue weighted by atomic mass is 9.98. The van der Waals surface area contributed by atoms with Crippen molar-refractivity contribution in [3.8, 4) is 0 Å². The summed E-state index contributed by atoms with van der Waals surface area (Å²) >= 11 is 0. The SMILES string of the molecule is CN1C(=O)C2NCCC21. The Kier molecular flexibility index (Phi) is 0.858. The second kappa shape index (κ2) is 1.48. The summed E-state index contributed by atoms with van der Waals surface area (Å²) in [5.41, 5.74) is 0. The average molecular weight is 126 g/mol. The van der Waals surface area contributed by atoms with E-state index in [0.717, 1.165) is 13.0 Å². The summed E-state index contributed by atoms with van der Waals surface area (Å²) in [5.74, 6) is 0.262. The largest absolute Gasteiger partial charge is 0.339 e. The van der Waals surface area contributed by atoms with Crippen LogP contribution in [-0.4, -0.2) is 36.5 Å². The molecule has 1 N–H and O–H groups in total. The molecule has 50 valence electrons. The number of rotatable bonds is 0. The molecule has 0 aromatic rings. The zero-order chi connectivity index (χ0) is 6.43. The van der Waals surface area contributed by atoms with E-state index in [-0.39, 0.29) is 11.9 Å². The Bertz CT molecular complexity index is 157. The van der Waals surface area contributed by atoms with Crippen LogP contribution in [0.2, 0.25) is 0 Å². The van der Waals surface area contributed by atoms with E-state index < -0.39 is 0 Å². The van der Waals surface area contributed by atoms with Crippen molar-refractivity contribution in [2.75, 3.05) is 13.6 Å². The molecule has 2 heterocycles. The number of likely N-dealkylation sites (N-methyl/N-ethyl adjacent to an activating group) is 1. The van der Waals surface area contributed by atoms with Gasteiger partial charge < -0.3 is 10.2 Å². The van der Waals surface area contributed by atoms with Crippen LogP contribution in [0.15, 0.2) is 0 Å². The fourth-order valence-corrected chi connectivity index (χ4v) is 1.66. The number of carbonyl (C=O) groups excluding carboxylic acids is 1. The van der Waals surface area contributed by atoms with E-state index in [4.69, 9.17) is 0 Å². The minimum absolute atomic E-state index is 0.176. The second-order valence-corrected chi connectivity index (χ2v) is 2.74. The molecule has 3 nitrogen and oxygen atoms in total. The van der Waals surface area contributed by atoms with E-state index >= 15 is 0 Å². The number of carbonyl (C=O) groups is 1. The lowest BCUT2D eigenvalue weighted by Crippen LogP contribution is -2.63. The zero-order valence-electron chi connectivity index (χ0n) is 5.42. The van der Waals surface area contributed by atoms with Crippen molar-refractivity contribution >= 4 is 5.91 Å². The number of likely N-dealkylation sites (tertiary alicyclic amines) is 1. The van der Waals surface area contributed by atoms with Gasteiger partial charge in [0.1, 0.15) is 6.04 Å². The predicted octanol–water partition coefficient (Wildman–Crippen LogP) is -0.811. The normalized spacial score (nSPS) is 40.6. The van der Waals surface area contributed by atoms with Crippen LogP contribution in [0.1, 0.15) is 6.42 Å². The zero-order valence-corrected chi connectivity index (χ0v) is 5.42. The van der Waals surface area contributed by atoms with Crippen molar-refractivity contribution in [1.82, 2.24) is 10.2 Å². The van der Waals surface area contributed by atoms with Gasteiger partial charge in [-0.25, -0.2) is 0 Å². The summed E-state index contributed by atoms with van der Waals surface area (Å²) in [7, 11) is 1.87. The van der Waals surface area contributed by atoms with Crippen molar-refractivity contribution in [3.63, 3.8) is 0 Å². The summed E-state index contributed by atoms with van der Waals surface area (Å²) in [6, 6.07) is 0.687. The molecule has 9 heavy (non-hydrogen) atoms. The molecule has 2 aliphatic heterocycles. The van der Waals surface area contributed by atoms with Crippen LogP contribution in [0.3, 0.4) is 0 Å². The highest BCUT2D eigenvalue weighted by atomic mass is 16.2. The average Bonchev–Trinajstić information content (AvgIpc) is 2.30. The van der Waals surface area contributed by atoms with Gasteiger partial charge in [0.05, 0.1) is 6.04 Å².